The maximum Gasteiger partial charge on any atom is 0.251 e. The van der Waals surface area contributed by atoms with Gasteiger partial charge in [0.25, 0.3) is 5.91 Å². The molecule has 0 aliphatic rings. The molecule has 110 valence electrons. The van der Waals surface area contributed by atoms with Gasteiger partial charge in [-0.1, -0.05) is 30.3 Å². The SMILES string of the molecule is CN(C)c1ccc(C(=O)N[C@@H](CO)c2ccccc2)cc1. The van der Waals surface area contributed by atoms with E-state index in [0.717, 1.165) is 11.3 Å². The molecule has 0 aliphatic carbocycles. The predicted molar refractivity (Wildman–Crippen MR) is 84.5 cm³/mol. The van der Waals surface area contributed by atoms with Crippen molar-refractivity contribution in [3.8, 4) is 0 Å². The van der Waals surface area contributed by atoms with Crippen molar-refractivity contribution in [3.05, 3.63) is 65.7 Å². The van der Waals surface area contributed by atoms with E-state index in [9.17, 15) is 9.90 Å². The first kappa shape index (κ1) is 15.1. The molecule has 4 heteroatoms. The van der Waals surface area contributed by atoms with Gasteiger partial charge in [0.1, 0.15) is 0 Å². The molecule has 2 aromatic carbocycles. The Balaban J connectivity index is 2.09. The first-order valence-corrected chi connectivity index (χ1v) is 6.86. The summed E-state index contributed by atoms with van der Waals surface area (Å²) in [5, 5.41) is 12.3. The molecule has 0 aromatic heterocycles. The molecule has 21 heavy (non-hydrogen) atoms. The van der Waals surface area contributed by atoms with Gasteiger partial charge in [-0.2, -0.15) is 0 Å². The van der Waals surface area contributed by atoms with Crippen LogP contribution in [-0.2, 0) is 0 Å². The third kappa shape index (κ3) is 3.83. The molecule has 2 N–H and O–H groups in total. The monoisotopic (exact) mass is 284 g/mol. The number of anilines is 1. The van der Waals surface area contributed by atoms with Crippen LogP contribution >= 0.6 is 0 Å². The van der Waals surface area contributed by atoms with Gasteiger partial charge in [-0.15, -0.1) is 0 Å². The third-order valence-corrected chi connectivity index (χ3v) is 3.34. The zero-order valence-corrected chi connectivity index (χ0v) is 12.3. The van der Waals surface area contributed by atoms with Crippen molar-refractivity contribution in [2.24, 2.45) is 0 Å². The summed E-state index contributed by atoms with van der Waals surface area (Å²) in [4.78, 5) is 14.2. The molecule has 0 bridgehead atoms. The van der Waals surface area contributed by atoms with Crippen LogP contribution in [-0.4, -0.2) is 31.7 Å². The highest BCUT2D eigenvalue weighted by atomic mass is 16.3. The third-order valence-electron chi connectivity index (χ3n) is 3.34. The molecule has 0 unspecified atom stereocenters. The van der Waals surface area contributed by atoms with Gasteiger partial charge in [0, 0.05) is 25.3 Å². The Kier molecular flexibility index (Phi) is 4.95. The van der Waals surface area contributed by atoms with Gasteiger partial charge >= 0.3 is 0 Å². The number of aliphatic hydroxyl groups excluding tert-OH is 1. The van der Waals surface area contributed by atoms with Gasteiger partial charge in [0.2, 0.25) is 0 Å². The van der Waals surface area contributed by atoms with E-state index in [0.29, 0.717) is 5.56 Å². The fraction of sp³-hybridized carbons (Fsp3) is 0.235. The highest BCUT2D eigenvalue weighted by Gasteiger charge is 2.14. The minimum atomic E-state index is -0.396. The Bertz CT molecular complexity index is 579. The van der Waals surface area contributed by atoms with Gasteiger partial charge in [-0.3, -0.25) is 4.79 Å². The number of nitrogens with zero attached hydrogens (tertiary/aromatic N) is 1. The average Bonchev–Trinajstić information content (AvgIpc) is 2.53. The number of rotatable bonds is 5. The zero-order valence-electron chi connectivity index (χ0n) is 12.3. The summed E-state index contributed by atoms with van der Waals surface area (Å²) < 4.78 is 0. The van der Waals surface area contributed by atoms with Crippen LogP contribution in [0.2, 0.25) is 0 Å². The van der Waals surface area contributed by atoms with Crippen LogP contribution < -0.4 is 10.2 Å². The van der Waals surface area contributed by atoms with Crippen molar-refractivity contribution in [2.75, 3.05) is 25.6 Å². The number of carbonyl (C=O) groups excluding carboxylic acids is 1. The van der Waals surface area contributed by atoms with Crippen LogP contribution in [0, 0.1) is 0 Å². The summed E-state index contributed by atoms with van der Waals surface area (Å²) in [5.74, 6) is -0.191. The second-order valence-corrected chi connectivity index (χ2v) is 5.06. The number of aliphatic hydroxyl groups is 1. The van der Waals surface area contributed by atoms with Gasteiger partial charge in [-0.25, -0.2) is 0 Å². The first-order chi connectivity index (χ1) is 10.1. The summed E-state index contributed by atoms with van der Waals surface area (Å²) in [7, 11) is 3.90. The average molecular weight is 284 g/mol. The lowest BCUT2D eigenvalue weighted by Crippen LogP contribution is -2.30. The smallest absolute Gasteiger partial charge is 0.251 e. The molecule has 2 aromatic rings. The fourth-order valence-electron chi connectivity index (χ4n) is 2.07. The predicted octanol–water partition coefficient (Wildman–Crippen LogP) is 2.22. The van der Waals surface area contributed by atoms with E-state index >= 15 is 0 Å². The van der Waals surface area contributed by atoms with Crippen molar-refractivity contribution in [1.82, 2.24) is 5.32 Å². The number of nitrogens with one attached hydrogen (secondary N) is 1. The molecule has 0 heterocycles. The standard InChI is InChI=1S/C17H20N2O2/c1-19(2)15-10-8-14(9-11-15)17(21)18-16(12-20)13-6-4-3-5-7-13/h3-11,16,20H,12H2,1-2H3,(H,18,21)/t16-/m0/s1. The van der Waals surface area contributed by atoms with Crippen LogP contribution in [0.15, 0.2) is 54.6 Å². The minimum absolute atomic E-state index is 0.133. The summed E-state index contributed by atoms with van der Waals surface area (Å²) >= 11 is 0. The summed E-state index contributed by atoms with van der Waals surface area (Å²) in [5.41, 5.74) is 2.50. The maximum atomic E-state index is 12.2. The van der Waals surface area contributed by atoms with Gasteiger partial charge in [0.05, 0.1) is 12.6 Å². The highest BCUT2D eigenvalue weighted by molar-refractivity contribution is 5.94. The van der Waals surface area contributed by atoms with Crippen LogP contribution in [0.4, 0.5) is 5.69 Å². The molecule has 4 nitrogen and oxygen atoms in total. The molecule has 0 fully saturated rings. The number of amides is 1. The number of benzene rings is 2. The Morgan fingerprint density at radius 2 is 1.71 bits per heavy atom. The number of hydrogen-bond donors (Lipinski definition) is 2. The quantitative estimate of drug-likeness (QED) is 0.885. The van der Waals surface area contributed by atoms with Crippen molar-refractivity contribution in [1.29, 1.82) is 0 Å². The van der Waals surface area contributed by atoms with E-state index in [4.69, 9.17) is 0 Å². The van der Waals surface area contributed by atoms with E-state index in [1.807, 2.05) is 61.5 Å². The Morgan fingerprint density at radius 1 is 1.10 bits per heavy atom. The molecule has 0 saturated heterocycles. The summed E-state index contributed by atoms with van der Waals surface area (Å²) in [6.07, 6.45) is 0. The molecule has 1 atom stereocenters. The summed E-state index contributed by atoms with van der Waals surface area (Å²) in [6, 6.07) is 16.4. The normalized spacial score (nSPS) is 11.8. The van der Waals surface area contributed by atoms with Crippen LogP contribution in [0.5, 0.6) is 0 Å². The van der Waals surface area contributed by atoms with E-state index in [1.54, 1.807) is 12.1 Å². The lowest BCUT2D eigenvalue weighted by molar-refractivity contribution is 0.0916. The van der Waals surface area contributed by atoms with Crippen molar-refractivity contribution in [3.63, 3.8) is 0 Å². The van der Waals surface area contributed by atoms with Crippen LogP contribution in [0.1, 0.15) is 22.0 Å². The molecule has 0 aliphatic heterocycles. The highest BCUT2D eigenvalue weighted by Crippen LogP contribution is 2.15. The van der Waals surface area contributed by atoms with E-state index in [-0.39, 0.29) is 12.5 Å². The van der Waals surface area contributed by atoms with E-state index in [1.165, 1.54) is 0 Å². The maximum absolute atomic E-state index is 12.2. The largest absolute Gasteiger partial charge is 0.394 e. The van der Waals surface area contributed by atoms with Crippen LogP contribution in [0.25, 0.3) is 0 Å². The van der Waals surface area contributed by atoms with E-state index < -0.39 is 6.04 Å². The summed E-state index contributed by atoms with van der Waals surface area (Å²) in [6.45, 7) is -0.133. The number of hydrogen-bond acceptors (Lipinski definition) is 3. The first-order valence-electron chi connectivity index (χ1n) is 6.86. The molecular weight excluding hydrogens is 264 g/mol. The lowest BCUT2D eigenvalue weighted by atomic mass is 10.1. The van der Waals surface area contributed by atoms with Crippen molar-refractivity contribution >= 4 is 11.6 Å². The molecule has 2 rings (SSSR count). The molecule has 1 amide bonds. The second kappa shape index (κ2) is 6.90. The molecule has 0 spiro atoms. The van der Waals surface area contributed by atoms with Crippen molar-refractivity contribution in [2.45, 2.75) is 6.04 Å². The second-order valence-electron chi connectivity index (χ2n) is 5.06. The minimum Gasteiger partial charge on any atom is -0.394 e. The van der Waals surface area contributed by atoms with Gasteiger partial charge < -0.3 is 15.3 Å². The molecule has 0 saturated carbocycles. The Labute approximate surface area is 125 Å². The topological polar surface area (TPSA) is 52.6 Å². The van der Waals surface area contributed by atoms with E-state index in [2.05, 4.69) is 5.32 Å². The van der Waals surface area contributed by atoms with Crippen LogP contribution in [0.3, 0.4) is 0 Å². The van der Waals surface area contributed by atoms with Gasteiger partial charge in [-0.05, 0) is 29.8 Å². The zero-order chi connectivity index (χ0) is 15.2. The molecular formula is C17H20N2O2. The van der Waals surface area contributed by atoms with Gasteiger partial charge in [0.15, 0.2) is 0 Å². The Hall–Kier alpha value is -2.33. The fourth-order valence-corrected chi connectivity index (χ4v) is 2.07. The number of carbonyl (C=O) groups is 1. The Morgan fingerprint density at radius 3 is 2.24 bits per heavy atom. The lowest BCUT2D eigenvalue weighted by Gasteiger charge is -2.17. The molecule has 0 radical (unpaired) electrons. The van der Waals surface area contributed by atoms with Crippen molar-refractivity contribution < 1.29 is 9.90 Å².